The summed E-state index contributed by atoms with van der Waals surface area (Å²) in [5.74, 6) is -0.573. The lowest BCUT2D eigenvalue weighted by Crippen LogP contribution is -2.22. The zero-order chi connectivity index (χ0) is 18.1. The maximum Gasteiger partial charge on any atom is 0.344 e. The lowest BCUT2D eigenvalue weighted by Gasteiger charge is -2.12. The molecule has 25 heavy (non-hydrogen) atoms. The molecular weight excluding hydrogens is 320 g/mol. The van der Waals surface area contributed by atoms with Crippen molar-refractivity contribution in [2.75, 3.05) is 13.2 Å². The first-order chi connectivity index (χ1) is 12.0. The van der Waals surface area contributed by atoms with E-state index < -0.39 is 18.5 Å². The Morgan fingerprint density at radius 1 is 0.880 bits per heavy atom. The molecule has 2 aromatic carbocycles. The minimum absolute atomic E-state index is 0.243. The van der Waals surface area contributed by atoms with Gasteiger partial charge < -0.3 is 14.2 Å². The quantitative estimate of drug-likeness (QED) is 0.690. The summed E-state index contributed by atoms with van der Waals surface area (Å²) in [5.41, 5.74) is 2.12. The molecule has 0 spiro atoms. The summed E-state index contributed by atoms with van der Waals surface area (Å²) in [6, 6.07) is 17.5. The summed E-state index contributed by atoms with van der Waals surface area (Å²) in [7, 11) is 0. The number of para-hydroxylation sites is 1. The highest BCUT2D eigenvalue weighted by atomic mass is 16.6. The van der Waals surface area contributed by atoms with E-state index in [1.807, 2.05) is 48.5 Å². The van der Waals surface area contributed by atoms with Crippen molar-refractivity contribution in [3.63, 3.8) is 0 Å². The number of rotatable bonds is 8. The summed E-state index contributed by atoms with van der Waals surface area (Å²) in [4.78, 5) is 23.1. The molecule has 0 amide bonds. The molecule has 5 nitrogen and oxygen atoms in total. The zero-order valence-electron chi connectivity index (χ0n) is 14.4. The average Bonchev–Trinajstić information content (AvgIpc) is 2.59. The molecule has 0 aliphatic carbocycles. The Bertz CT molecular complexity index is 694. The molecule has 0 bridgehead atoms. The molecule has 0 aliphatic rings. The molecule has 5 heteroatoms. The van der Waals surface area contributed by atoms with E-state index in [-0.39, 0.29) is 12.7 Å². The first-order valence-electron chi connectivity index (χ1n) is 8.14. The van der Waals surface area contributed by atoms with Gasteiger partial charge in [0.2, 0.25) is 0 Å². The van der Waals surface area contributed by atoms with E-state index in [9.17, 15) is 9.59 Å². The van der Waals surface area contributed by atoms with Crippen molar-refractivity contribution in [3.8, 4) is 5.75 Å². The number of hydrogen-bond donors (Lipinski definition) is 0. The molecule has 132 valence electrons. The van der Waals surface area contributed by atoms with E-state index in [4.69, 9.17) is 14.2 Å². The third-order valence-corrected chi connectivity index (χ3v) is 3.27. The number of benzene rings is 2. The summed E-state index contributed by atoms with van der Waals surface area (Å²) >= 11 is 0. The summed E-state index contributed by atoms with van der Waals surface area (Å²) in [5, 5.41) is 0. The van der Waals surface area contributed by atoms with Gasteiger partial charge in [0, 0.05) is 6.42 Å². The second kappa shape index (κ2) is 9.47. The van der Waals surface area contributed by atoms with Crippen molar-refractivity contribution < 1.29 is 23.8 Å². The molecular formula is C20H22O5. The first kappa shape index (κ1) is 18.5. The Morgan fingerprint density at radius 2 is 1.56 bits per heavy atom. The van der Waals surface area contributed by atoms with Crippen LogP contribution < -0.4 is 4.74 Å². The normalized spacial score (nSPS) is 10.4. The minimum Gasteiger partial charge on any atom is -0.482 e. The Hall–Kier alpha value is -2.82. The van der Waals surface area contributed by atoms with Gasteiger partial charge in [0.15, 0.2) is 13.2 Å². The lowest BCUT2D eigenvalue weighted by molar-refractivity contribution is -0.162. The lowest BCUT2D eigenvalue weighted by atomic mass is 10.0. The third kappa shape index (κ3) is 6.67. The van der Waals surface area contributed by atoms with E-state index in [0.29, 0.717) is 12.2 Å². The molecule has 0 fully saturated rings. The van der Waals surface area contributed by atoms with Crippen molar-refractivity contribution in [2.24, 2.45) is 0 Å². The fourth-order valence-electron chi connectivity index (χ4n) is 2.22. The van der Waals surface area contributed by atoms with E-state index in [2.05, 4.69) is 0 Å². The van der Waals surface area contributed by atoms with Crippen LogP contribution >= 0.6 is 0 Å². The van der Waals surface area contributed by atoms with E-state index >= 15 is 0 Å². The minimum atomic E-state index is -0.616. The van der Waals surface area contributed by atoms with Gasteiger partial charge in [-0.2, -0.15) is 0 Å². The van der Waals surface area contributed by atoms with Crippen LogP contribution in [-0.4, -0.2) is 31.3 Å². The van der Waals surface area contributed by atoms with Gasteiger partial charge in [-0.1, -0.05) is 48.5 Å². The molecule has 0 N–H and O–H groups in total. The fraction of sp³-hybridized carbons (Fsp3) is 0.300. The van der Waals surface area contributed by atoms with Gasteiger partial charge in [0.1, 0.15) is 5.75 Å². The van der Waals surface area contributed by atoms with Crippen molar-refractivity contribution in [2.45, 2.75) is 26.4 Å². The largest absolute Gasteiger partial charge is 0.482 e. The summed E-state index contributed by atoms with van der Waals surface area (Å²) in [6.45, 7) is 2.78. The van der Waals surface area contributed by atoms with Gasteiger partial charge in [-0.25, -0.2) is 9.59 Å². The van der Waals surface area contributed by atoms with Crippen LogP contribution in [0.3, 0.4) is 0 Å². The van der Waals surface area contributed by atoms with E-state index in [1.165, 1.54) is 0 Å². The molecule has 0 radical (unpaired) electrons. The number of ether oxygens (including phenoxy) is 3. The van der Waals surface area contributed by atoms with E-state index in [1.54, 1.807) is 19.9 Å². The second-order valence-electron chi connectivity index (χ2n) is 5.76. The van der Waals surface area contributed by atoms with Gasteiger partial charge in [0.25, 0.3) is 0 Å². The molecule has 0 unspecified atom stereocenters. The first-order valence-corrected chi connectivity index (χ1v) is 8.14. The monoisotopic (exact) mass is 342 g/mol. The highest BCUT2D eigenvalue weighted by Crippen LogP contribution is 2.21. The molecule has 0 aliphatic heterocycles. The van der Waals surface area contributed by atoms with Crippen LogP contribution in [0.1, 0.15) is 25.0 Å². The zero-order valence-corrected chi connectivity index (χ0v) is 14.4. The number of hydrogen-bond acceptors (Lipinski definition) is 5. The molecule has 2 aromatic rings. The summed E-state index contributed by atoms with van der Waals surface area (Å²) in [6.07, 6.45) is 0.458. The Morgan fingerprint density at radius 3 is 2.28 bits per heavy atom. The average molecular weight is 342 g/mol. The van der Waals surface area contributed by atoms with Gasteiger partial charge in [-0.3, -0.25) is 0 Å². The Kier molecular flexibility index (Phi) is 7.01. The third-order valence-electron chi connectivity index (χ3n) is 3.27. The molecule has 0 aromatic heterocycles. The van der Waals surface area contributed by atoms with Gasteiger partial charge in [-0.15, -0.1) is 0 Å². The van der Waals surface area contributed by atoms with Crippen molar-refractivity contribution in [1.29, 1.82) is 0 Å². The molecule has 0 saturated carbocycles. The van der Waals surface area contributed by atoms with Crippen LogP contribution in [0.25, 0.3) is 0 Å². The van der Waals surface area contributed by atoms with Crippen LogP contribution in [0.4, 0.5) is 0 Å². The molecule has 2 rings (SSSR count). The SMILES string of the molecule is CC(C)OC(=O)COC(=O)COc1ccccc1Cc1ccccc1. The Balaban J connectivity index is 1.86. The van der Waals surface area contributed by atoms with Gasteiger partial charge in [0.05, 0.1) is 6.10 Å². The van der Waals surface area contributed by atoms with Crippen LogP contribution in [0, 0.1) is 0 Å². The predicted octanol–water partition coefficient (Wildman–Crippen LogP) is 3.15. The topological polar surface area (TPSA) is 61.8 Å². The molecule has 0 heterocycles. The van der Waals surface area contributed by atoms with Crippen LogP contribution in [-0.2, 0) is 25.5 Å². The standard InChI is InChI=1S/C20H22O5/c1-15(2)25-20(22)14-24-19(21)13-23-18-11-7-6-10-17(18)12-16-8-4-3-5-9-16/h3-11,15H,12-14H2,1-2H3. The van der Waals surface area contributed by atoms with Crippen molar-refractivity contribution >= 4 is 11.9 Å². The highest BCUT2D eigenvalue weighted by molar-refractivity contribution is 5.77. The molecule has 0 atom stereocenters. The maximum absolute atomic E-state index is 11.7. The molecule has 0 saturated heterocycles. The van der Waals surface area contributed by atoms with Gasteiger partial charge in [-0.05, 0) is 31.0 Å². The second-order valence-corrected chi connectivity index (χ2v) is 5.76. The van der Waals surface area contributed by atoms with Gasteiger partial charge >= 0.3 is 11.9 Å². The number of carbonyl (C=O) groups excluding carboxylic acids is 2. The number of esters is 2. The number of carbonyl (C=O) groups is 2. The smallest absolute Gasteiger partial charge is 0.344 e. The van der Waals surface area contributed by atoms with Crippen LogP contribution in [0.2, 0.25) is 0 Å². The maximum atomic E-state index is 11.7. The highest BCUT2D eigenvalue weighted by Gasteiger charge is 2.12. The van der Waals surface area contributed by atoms with Crippen LogP contribution in [0.5, 0.6) is 5.75 Å². The van der Waals surface area contributed by atoms with Crippen molar-refractivity contribution in [3.05, 3.63) is 65.7 Å². The summed E-state index contributed by atoms with van der Waals surface area (Å²) < 4.78 is 15.3. The van der Waals surface area contributed by atoms with Crippen molar-refractivity contribution in [1.82, 2.24) is 0 Å². The van der Waals surface area contributed by atoms with Crippen LogP contribution in [0.15, 0.2) is 54.6 Å². The fourth-order valence-corrected chi connectivity index (χ4v) is 2.22. The Labute approximate surface area is 147 Å². The predicted molar refractivity (Wildman–Crippen MR) is 93.4 cm³/mol. The van der Waals surface area contributed by atoms with E-state index in [0.717, 1.165) is 11.1 Å².